The van der Waals surface area contributed by atoms with Gasteiger partial charge in [-0.05, 0) is 12.8 Å². The van der Waals surface area contributed by atoms with E-state index in [-0.39, 0.29) is 0 Å². The molecule has 2 atom stereocenters. The first kappa shape index (κ1) is 10.2. The van der Waals surface area contributed by atoms with Gasteiger partial charge in [0.2, 0.25) is 0 Å². The van der Waals surface area contributed by atoms with E-state index in [9.17, 15) is 0 Å². The second kappa shape index (κ2) is 4.14. The van der Waals surface area contributed by atoms with E-state index in [2.05, 4.69) is 19.7 Å². The fourth-order valence-electron chi connectivity index (χ4n) is 2.96. The van der Waals surface area contributed by atoms with Crippen LogP contribution in [0.25, 0.3) is 0 Å². The fraction of sp³-hybridized carbons (Fsp3) is 0.818. The normalized spacial score (nSPS) is 31.3. The molecule has 1 fully saturated rings. The largest absolute Gasteiger partial charge is 0.326 e. The first-order valence-electron chi connectivity index (χ1n) is 6.21. The third kappa shape index (κ3) is 1.74. The summed E-state index contributed by atoms with van der Waals surface area (Å²) in [5.41, 5.74) is 6.22. The SMILES string of the molecule is NC1CCCCC1N1CCn2cnnc2C1. The lowest BCUT2D eigenvalue weighted by atomic mass is 9.89. The summed E-state index contributed by atoms with van der Waals surface area (Å²) >= 11 is 0. The molecule has 16 heavy (non-hydrogen) atoms. The molecule has 5 heteroatoms. The third-order valence-corrected chi connectivity index (χ3v) is 3.92. The molecule has 1 aromatic rings. The Bertz CT molecular complexity index is 361. The van der Waals surface area contributed by atoms with Crippen molar-refractivity contribution >= 4 is 0 Å². The number of nitrogens with two attached hydrogens (primary N) is 1. The maximum atomic E-state index is 6.22. The van der Waals surface area contributed by atoms with Gasteiger partial charge in [-0.25, -0.2) is 0 Å². The monoisotopic (exact) mass is 221 g/mol. The Hall–Kier alpha value is -0.940. The number of nitrogens with zero attached hydrogens (tertiary/aromatic N) is 4. The highest BCUT2D eigenvalue weighted by Crippen LogP contribution is 2.24. The van der Waals surface area contributed by atoms with E-state index < -0.39 is 0 Å². The van der Waals surface area contributed by atoms with Crippen molar-refractivity contribution < 1.29 is 0 Å². The van der Waals surface area contributed by atoms with Crippen LogP contribution in [0.4, 0.5) is 0 Å². The standard InChI is InChI=1S/C11H19N5/c12-9-3-1-2-4-10(9)15-5-6-16-8-13-14-11(16)7-15/h8-10H,1-7,12H2. The number of rotatable bonds is 1. The second-order valence-electron chi connectivity index (χ2n) is 4.93. The summed E-state index contributed by atoms with van der Waals surface area (Å²) in [5.74, 6) is 1.09. The smallest absolute Gasteiger partial charge is 0.147 e. The number of hydrogen-bond donors (Lipinski definition) is 1. The average molecular weight is 221 g/mol. The highest BCUT2D eigenvalue weighted by Gasteiger charge is 2.30. The van der Waals surface area contributed by atoms with Gasteiger partial charge in [0.05, 0.1) is 6.54 Å². The van der Waals surface area contributed by atoms with E-state index in [0.29, 0.717) is 12.1 Å². The second-order valence-corrected chi connectivity index (χ2v) is 4.93. The fourth-order valence-corrected chi connectivity index (χ4v) is 2.96. The molecule has 5 nitrogen and oxygen atoms in total. The zero-order valence-corrected chi connectivity index (χ0v) is 9.55. The van der Waals surface area contributed by atoms with E-state index in [0.717, 1.165) is 25.5 Å². The predicted molar refractivity (Wildman–Crippen MR) is 60.7 cm³/mol. The predicted octanol–water partition coefficient (Wildman–Crippen LogP) is 0.364. The molecule has 0 saturated heterocycles. The molecular weight excluding hydrogens is 202 g/mol. The molecule has 2 aliphatic rings. The lowest BCUT2D eigenvalue weighted by Gasteiger charge is -2.40. The van der Waals surface area contributed by atoms with Crippen LogP contribution in [0.2, 0.25) is 0 Å². The van der Waals surface area contributed by atoms with E-state index in [1.807, 2.05) is 6.33 Å². The summed E-state index contributed by atoms with van der Waals surface area (Å²) in [6, 6.07) is 0.905. The molecule has 1 saturated carbocycles. The summed E-state index contributed by atoms with van der Waals surface area (Å²) in [6.45, 7) is 3.01. The molecule has 88 valence electrons. The van der Waals surface area contributed by atoms with E-state index >= 15 is 0 Å². The summed E-state index contributed by atoms with van der Waals surface area (Å²) in [6.07, 6.45) is 6.86. The topological polar surface area (TPSA) is 60.0 Å². The minimum atomic E-state index is 0.350. The Kier molecular flexibility index (Phi) is 2.65. The van der Waals surface area contributed by atoms with Crippen molar-refractivity contribution in [3.63, 3.8) is 0 Å². The molecule has 0 amide bonds. The van der Waals surface area contributed by atoms with Crippen LogP contribution in [-0.4, -0.2) is 38.3 Å². The average Bonchev–Trinajstić information content (AvgIpc) is 2.76. The Morgan fingerprint density at radius 3 is 3.00 bits per heavy atom. The van der Waals surface area contributed by atoms with Crippen molar-refractivity contribution in [2.45, 2.75) is 50.9 Å². The molecular formula is C11H19N5. The van der Waals surface area contributed by atoms with Gasteiger partial charge < -0.3 is 10.3 Å². The van der Waals surface area contributed by atoms with Crippen LogP contribution in [0, 0.1) is 0 Å². The number of hydrogen-bond acceptors (Lipinski definition) is 4. The Labute approximate surface area is 95.6 Å². The molecule has 3 rings (SSSR count). The van der Waals surface area contributed by atoms with E-state index in [4.69, 9.17) is 5.73 Å². The van der Waals surface area contributed by atoms with Gasteiger partial charge in [-0.1, -0.05) is 12.8 Å². The van der Waals surface area contributed by atoms with Crippen molar-refractivity contribution in [3.05, 3.63) is 12.2 Å². The maximum absolute atomic E-state index is 6.22. The van der Waals surface area contributed by atoms with Gasteiger partial charge in [0, 0.05) is 25.2 Å². The molecule has 1 aromatic heterocycles. The summed E-state index contributed by atoms with van der Waals surface area (Å²) in [5, 5.41) is 8.11. The van der Waals surface area contributed by atoms with E-state index in [1.165, 1.54) is 25.7 Å². The van der Waals surface area contributed by atoms with Crippen molar-refractivity contribution in [1.82, 2.24) is 19.7 Å². The Morgan fingerprint density at radius 1 is 1.25 bits per heavy atom. The Balaban J connectivity index is 1.72. The first-order valence-corrected chi connectivity index (χ1v) is 6.21. The number of aromatic nitrogens is 3. The summed E-state index contributed by atoms with van der Waals surface area (Å²) in [7, 11) is 0. The highest BCUT2D eigenvalue weighted by atomic mass is 15.3. The van der Waals surface area contributed by atoms with Crippen molar-refractivity contribution in [1.29, 1.82) is 0 Å². The molecule has 0 spiro atoms. The lowest BCUT2D eigenvalue weighted by molar-refractivity contribution is 0.106. The van der Waals surface area contributed by atoms with Gasteiger partial charge in [0.1, 0.15) is 12.2 Å². The lowest BCUT2D eigenvalue weighted by Crippen LogP contribution is -2.51. The Morgan fingerprint density at radius 2 is 2.12 bits per heavy atom. The molecule has 2 heterocycles. The molecule has 2 unspecified atom stereocenters. The quantitative estimate of drug-likeness (QED) is 0.744. The van der Waals surface area contributed by atoms with Crippen LogP contribution in [0.1, 0.15) is 31.5 Å². The minimum Gasteiger partial charge on any atom is -0.326 e. The van der Waals surface area contributed by atoms with Gasteiger partial charge in [-0.3, -0.25) is 4.90 Å². The zero-order valence-electron chi connectivity index (χ0n) is 9.55. The van der Waals surface area contributed by atoms with Crippen molar-refractivity contribution in [2.75, 3.05) is 6.54 Å². The summed E-state index contributed by atoms with van der Waals surface area (Å²) in [4.78, 5) is 2.49. The van der Waals surface area contributed by atoms with Gasteiger partial charge in [0.25, 0.3) is 0 Å². The highest BCUT2D eigenvalue weighted by molar-refractivity contribution is 4.95. The van der Waals surface area contributed by atoms with Crippen LogP contribution < -0.4 is 5.73 Å². The maximum Gasteiger partial charge on any atom is 0.147 e. The first-order chi connectivity index (χ1) is 7.84. The molecule has 0 radical (unpaired) electrons. The van der Waals surface area contributed by atoms with Gasteiger partial charge in [-0.2, -0.15) is 0 Å². The molecule has 1 aliphatic heterocycles. The molecule has 2 N–H and O–H groups in total. The van der Waals surface area contributed by atoms with Crippen molar-refractivity contribution in [2.24, 2.45) is 5.73 Å². The van der Waals surface area contributed by atoms with Crippen LogP contribution in [0.5, 0.6) is 0 Å². The van der Waals surface area contributed by atoms with Crippen LogP contribution in [0.3, 0.4) is 0 Å². The molecule has 0 bridgehead atoms. The minimum absolute atomic E-state index is 0.350. The van der Waals surface area contributed by atoms with Crippen LogP contribution >= 0.6 is 0 Å². The van der Waals surface area contributed by atoms with Crippen molar-refractivity contribution in [3.8, 4) is 0 Å². The molecule has 1 aliphatic carbocycles. The van der Waals surface area contributed by atoms with E-state index in [1.54, 1.807) is 0 Å². The van der Waals surface area contributed by atoms with Gasteiger partial charge in [0.15, 0.2) is 0 Å². The van der Waals surface area contributed by atoms with Crippen LogP contribution in [0.15, 0.2) is 6.33 Å². The summed E-state index contributed by atoms with van der Waals surface area (Å²) < 4.78 is 2.14. The van der Waals surface area contributed by atoms with Gasteiger partial charge in [-0.15, -0.1) is 10.2 Å². The third-order valence-electron chi connectivity index (χ3n) is 3.92. The zero-order chi connectivity index (χ0) is 11.0. The number of fused-ring (bicyclic) bond motifs is 1. The molecule has 0 aromatic carbocycles. The van der Waals surface area contributed by atoms with Crippen LogP contribution in [-0.2, 0) is 13.1 Å². The van der Waals surface area contributed by atoms with Gasteiger partial charge >= 0.3 is 0 Å².